The van der Waals surface area contributed by atoms with E-state index in [9.17, 15) is 4.57 Å². The quantitative estimate of drug-likeness (QED) is 0.719. The second-order valence-corrected chi connectivity index (χ2v) is 4.90. The van der Waals surface area contributed by atoms with Crippen LogP contribution in [0.3, 0.4) is 0 Å². The van der Waals surface area contributed by atoms with Gasteiger partial charge in [-0.25, -0.2) is 0 Å². The number of rotatable bonds is 4. The molecule has 4 heteroatoms. The summed E-state index contributed by atoms with van der Waals surface area (Å²) < 4.78 is 21.6. The van der Waals surface area contributed by atoms with E-state index in [4.69, 9.17) is 9.05 Å². The maximum absolute atomic E-state index is 11.9. The predicted molar refractivity (Wildman–Crippen MR) is 57.8 cm³/mol. The molecule has 1 aromatic carbocycles. The summed E-state index contributed by atoms with van der Waals surface area (Å²) in [7, 11) is -0.365. The van der Waals surface area contributed by atoms with E-state index in [0.717, 1.165) is 5.56 Å². The molecule has 0 N–H and O–H groups in total. The average molecular weight is 212 g/mol. The fourth-order valence-corrected chi connectivity index (χ4v) is 2.16. The van der Waals surface area contributed by atoms with Crippen LogP contribution in [0, 0.1) is 0 Å². The van der Waals surface area contributed by atoms with Crippen molar-refractivity contribution in [1.82, 2.24) is 0 Å². The first kappa shape index (κ1) is 11.2. The van der Waals surface area contributed by atoms with E-state index < -0.39 is 7.60 Å². The molecule has 0 heterocycles. The summed E-state index contributed by atoms with van der Waals surface area (Å²) >= 11 is 0. The van der Waals surface area contributed by atoms with Gasteiger partial charge in [0, 0.05) is 14.2 Å². The Labute approximate surface area is 83.9 Å². The zero-order valence-electron chi connectivity index (χ0n) is 8.27. The van der Waals surface area contributed by atoms with Crippen LogP contribution >= 0.6 is 7.60 Å². The largest absolute Gasteiger partial charge is 0.360 e. The Bertz CT molecular complexity index is 348. The van der Waals surface area contributed by atoms with Gasteiger partial charge in [0.25, 0.3) is 0 Å². The fourth-order valence-electron chi connectivity index (χ4n) is 1.08. The van der Waals surface area contributed by atoms with Gasteiger partial charge in [-0.15, -0.1) is 0 Å². The standard InChI is InChI=1S/C10H13O3P/c1-4-9-5-7-10(8-6-9)14(11,12-2)13-3/h4-8H,1H2,2-3H3. The van der Waals surface area contributed by atoms with Gasteiger partial charge in [0.1, 0.15) is 0 Å². The van der Waals surface area contributed by atoms with Gasteiger partial charge in [-0.2, -0.15) is 0 Å². The van der Waals surface area contributed by atoms with Crippen molar-refractivity contribution in [2.75, 3.05) is 14.2 Å². The van der Waals surface area contributed by atoms with Crippen molar-refractivity contribution >= 4 is 19.0 Å². The normalized spacial score (nSPS) is 11.3. The molecule has 0 radical (unpaired) electrons. The van der Waals surface area contributed by atoms with Crippen LogP contribution in [0.5, 0.6) is 0 Å². The Morgan fingerprint density at radius 2 is 1.71 bits per heavy atom. The smallest absolute Gasteiger partial charge is 0.309 e. The third-order valence-corrected chi connectivity index (χ3v) is 3.82. The van der Waals surface area contributed by atoms with E-state index in [1.807, 2.05) is 12.1 Å². The molecule has 3 nitrogen and oxygen atoms in total. The minimum absolute atomic E-state index is 0.549. The third-order valence-electron chi connectivity index (χ3n) is 1.93. The lowest BCUT2D eigenvalue weighted by atomic mass is 10.2. The lowest BCUT2D eigenvalue weighted by Gasteiger charge is -2.13. The summed E-state index contributed by atoms with van der Waals surface area (Å²) in [4.78, 5) is 0. The van der Waals surface area contributed by atoms with Gasteiger partial charge in [0.05, 0.1) is 5.30 Å². The summed E-state index contributed by atoms with van der Waals surface area (Å²) in [6, 6.07) is 7.05. The molecule has 0 spiro atoms. The highest BCUT2D eigenvalue weighted by Gasteiger charge is 2.23. The number of benzene rings is 1. The summed E-state index contributed by atoms with van der Waals surface area (Å²) in [6.45, 7) is 3.63. The molecule has 1 aromatic rings. The second kappa shape index (κ2) is 4.56. The van der Waals surface area contributed by atoms with Crippen LogP contribution in [-0.4, -0.2) is 14.2 Å². The number of hydrogen-bond acceptors (Lipinski definition) is 3. The molecule has 1 rings (SSSR count). The van der Waals surface area contributed by atoms with Crippen molar-refractivity contribution < 1.29 is 13.6 Å². The highest BCUT2D eigenvalue weighted by atomic mass is 31.2. The molecule has 0 aromatic heterocycles. The number of hydrogen-bond donors (Lipinski definition) is 0. The molecule has 0 aliphatic rings. The van der Waals surface area contributed by atoms with Crippen LogP contribution in [0.25, 0.3) is 6.08 Å². The van der Waals surface area contributed by atoms with Crippen LogP contribution in [-0.2, 0) is 13.6 Å². The van der Waals surface area contributed by atoms with Gasteiger partial charge in [0.2, 0.25) is 0 Å². The van der Waals surface area contributed by atoms with Crippen LogP contribution in [0.4, 0.5) is 0 Å². The molecule has 0 bridgehead atoms. The molecule has 14 heavy (non-hydrogen) atoms. The first-order chi connectivity index (χ1) is 6.66. The monoisotopic (exact) mass is 212 g/mol. The summed E-state index contributed by atoms with van der Waals surface area (Å²) in [5.74, 6) is 0. The van der Waals surface area contributed by atoms with E-state index in [1.54, 1.807) is 18.2 Å². The van der Waals surface area contributed by atoms with E-state index in [0.29, 0.717) is 5.30 Å². The summed E-state index contributed by atoms with van der Waals surface area (Å²) in [5, 5.41) is 0.549. The van der Waals surface area contributed by atoms with Crippen molar-refractivity contribution in [3.8, 4) is 0 Å². The van der Waals surface area contributed by atoms with Crippen LogP contribution in [0.1, 0.15) is 5.56 Å². The van der Waals surface area contributed by atoms with E-state index in [-0.39, 0.29) is 0 Å². The zero-order chi connectivity index (χ0) is 10.6. The maximum atomic E-state index is 11.9. The highest BCUT2D eigenvalue weighted by molar-refractivity contribution is 7.62. The predicted octanol–water partition coefficient (Wildman–Crippen LogP) is 2.44. The lowest BCUT2D eigenvalue weighted by molar-refractivity contribution is 0.287. The van der Waals surface area contributed by atoms with Gasteiger partial charge in [-0.05, 0) is 17.7 Å². The zero-order valence-corrected chi connectivity index (χ0v) is 9.16. The Morgan fingerprint density at radius 1 is 1.21 bits per heavy atom. The molecule has 0 fully saturated rings. The van der Waals surface area contributed by atoms with Crippen molar-refractivity contribution in [2.45, 2.75) is 0 Å². The van der Waals surface area contributed by atoms with Gasteiger partial charge in [-0.1, -0.05) is 24.8 Å². The molecule has 0 saturated carbocycles. The first-order valence-corrected chi connectivity index (χ1v) is 5.65. The van der Waals surface area contributed by atoms with Gasteiger partial charge in [-0.3, -0.25) is 4.57 Å². The molecular weight excluding hydrogens is 199 g/mol. The highest BCUT2D eigenvalue weighted by Crippen LogP contribution is 2.44. The van der Waals surface area contributed by atoms with Crippen molar-refractivity contribution in [2.24, 2.45) is 0 Å². The van der Waals surface area contributed by atoms with Crippen LogP contribution in [0.2, 0.25) is 0 Å². The summed E-state index contributed by atoms with van der Waals surface area (Å²) in [6.07, 6.45) is 1.72. The Kier molecular flexibility index (Phi) is 3.64. The summed E-state index contributed by atoms with van der Waals surface area (Å²) in [5.41, 5.74) is 0.965. The minimum atomic E-state index is -3.10. The molecule has 76 valence electrons. The molecule has 0 aliphatic heterocycles. The second-order valence-electron chi connectivity index (χ2n) is 2.66. The molecule has 0 atom stereocenters. The Balaban J connectivity index is 3.07. The van der Waals surface area contributed by atoms with E-state index in [1.165, 1.54) is 14.2 Å². The third kappa shape index (κ3) is 2.13. The maximum Gasteiger partial charge on any atom is 0.360 e. The Hall–Kier alpha value is -0.890. The average Bonchev–Trinajstić information content (AvgIpc) is 2.28. The minimum Gasteiger partial charge on any atom is -0.309 e. The van der Waals surface area contributed by atoms with E-state index >= 15 is 0 Å². The first-order valence-electron chi connectivity index (χ1n) is 4.11. The van der Waals surface area contributed by atoms with Crippen LogP contribution < -0.4 is 5.30 Å². The van der Waals surface area contributed by atoms with Crippen molar-refractivity contribution in [3.05, 3.63) is 36.4 Å². The molecular formula is C10H13O3P. The SMILES string of the molecule is C=Cc1ccc(P(=O)(OC)OC)cc1. The van der Waals surface area contributed by atoms with Gasteiger partial charge >= 0.3 is 7.60 Å². The van der Waals surface area contributed by atoms with Crippen molar-refractivity contribution in [1.29, 1.82) is 0 Å². The topological polar surface area (TPSA) is 35.5 Å². The molecule has 0 unspecified atom stereocenters. The van der Waals surface area contributed by atoms with Crippen LogP contribution in [0.15, 0.2) is 30.8 Å². The van der Waals surface area contributed by atoms with Gasteiger partial charge in [0.15, 0.2) is 0 Å². The molecule has 0 amide bonds. The molecule has 0 aliphatic carbocycles. The van der Waals surface area contributed by atoms with E-state index in [2.05, 4.69) is 6.58 Å². The fraction of sp³-hybridized carbons (Fsp3) is 0.200. The van der Waals surface area contributed by atoms with Crippen molar-refractivity contribution in [3.63, 3.8) is 0 Å². The molecule has 0 saturated heterocycles. The lowest BCUT2D eigenvalue weighted by Crippen LogP contribution is -2.07. The van der Waals surface area contributed by atoms with Gasteiger partial charge < -0.3 is 9.05 Å². The Morgan fingerprint density at radius 3 is 2.07 bits per heavy atom.